The standard InChI is InChI=1S/C12H20N4O2/c1-2-9-11(18)15-10(17)7-16(9)12(13)14-8-5-3-4-6-8/h8-9H,2-7H2,1H3,(H2,13,14)(H,15,17,18). The predicted molar refractivity (Wildman–Crippen MR) is 67.8 cm³/mol. The van der Waals surface area contributed by atoms with Crippen LogP contribution in [0.1, 0.15) is 39.0 Å². The van der Waals surface area contributed by atoms with Crippen LogP contribution in [0.2, 0.25) is 0 Å². The zero-order valence-electron chi connectivity index (χ0n) is 10.7. The largest absolute Gasteiger partial charge is 0.370 e. The molecule has 0 aromatic carbocycles. The number of nitrogens with two attached hydrogens (primary N) is 1. The highest BCUT2D eigenvalue weighted by atomic mass is 16.2. The Hall–Kier alpha value is -1.59. The Labute approximate surface area is 107 Å². The van der Waals surface area contributed by atoms with Gasteiger partial charge in [-0.25, -0.2) is 4.99 Å². The lowest BCUT2D eigenvalue weighted by Gasteiger charge is -2.34. The number of nitrogens with zero attached hydrogens (tertiary/aromatic N) is 2. The van der Waals surface area contributed by atoms with Crippen molar-refractivity contribution in [1.82, 2.24) is 10.2 Å². The Bertz CT molecular complexity index is 374. The topological polar surface area (TPSA) is 87.8 Å². The number of guanidine groups is 1. The quantitative estimate of drug-likeness (QED) is 0.411. The van der Waals surface area contributed by atoms with Gasteiger partial charge in [-0.15, -0.1) is 0 Å². The molecule has 1 saturated carbocycles. The Kier molecular flexibility index (Phi) is 3.84. The van der Waals surface area contributed by atoms with Crippen molar-refractivity contribution in [3.05, 3.63) is 0 Å². The van der Waals surface area contributed by atoms with Crippen LogP contribution in [0.25, 0.3) is 0 Å². The summed E-state index contributed by atoms with van der Waals surface area (Å²) in [6, 6.07) is -0.129. The highest BCUT2D eigenvalue weighted by Gasteiger charge is 2.33. The van der Waals surface area contributed by atoms with Crippen LogP contribution in [0.4, 0.5) is 0 Å². The molecule has 0 bridgehead atoms. The van der Waals surface area contributed by atoms with E-state index in [0.29, 0.717) is 12.4 Å². The first kappa shape index (κ1) is 12.9. The minimum atomic E-state index is -0.382. The highest BCUT2D eigenvalue weighted by Crippen LogP contribution is 2.21. The lowest BCUT2D eigenvalue weighted by Crippen LogP contribution is -2.61. The maximum absolute atomic E-state index is 11.7. The van der Waals surface area contributed by atoms with Crippen LogP contribution in [0.15, 0.2) is 4.99 Å². The third-order valence-corrected chi connectivity index (χ3v) is 3.58. The molecule has 1 atom stereocenters. The Morgan fingerprint density at radius 3 is 2.72 bits per heavy atom. The number of imide groups is 1. The molecule has 3 N–H and O–H groups in total. The number of carbonyl (C=O) groups is 2. The Morgan fingerprint density at radius 1 is 1.44 bits per heavy atom. The second-order valence-corrected chi connectivity index (χ2v) is 4.89. The molecular weight excluding hydrogens is 232 g/mol. The number of carbonyl (C=O) groups excluding carboxylic acids is 2. The molecule has 0 aromatic rings. The molecule has 100 valence electrons. The van der Waals surface area contributed by atoms with Crippen molar-refractivity contribution in [2.45, 2.75) is 51.1 Å². The van der Waals surface area contributed by atoms with Gasteiger partial charge in [-0.3, -0.25) is 14.9 Å². The summed E-state index contributed by atoms with van der Waals surface area (Å²) >= 11 is 0. The second-order valence-electron chi connectivity index (χ2n) is 4.89. The molecule has 6 heteroatoms. The summed E-state index contributed by atoms with van der Waals surface area (Å²) in [6.45, 7) is 2.02. The van der Waals surface area contributed by atoms with Crippen molar-refractivity contribution >= 4 is 17.8 Å². The molecule has 1 aliphatic carbocycles. The van der Waals surface area contributed by atoms with Gasteiger partial charge in [0.05, 0.1) is 6.04 Å². The van der Waals surface area contributed by atoms with Crippen LogP contribution in [-0.2, 0) is 9.59 Å². The smallest absolute Gasteiger partial charge is 0.249 e. The van der Waals surface area contributed by atoms with Crippen LogP contribution >= 0.6 is 0 Å². The van der Waals surface area contributed by atoms with Gasteiger partial charge in [0.2, 0.25) is 11.8 Å². The molecule has 1 heterocycles. The number of nitrogens with one attached hydrogen (secondary N) is 1. The van der Waals surface area contributed by atoms with E-state index in [-0.39, 0.29) is 30.4 Å². The van der Waals surface area contributed by atoms with E-state index in [1.165, 1.54) is 12.8 Å². The van der Waals surface area contributed by atoms with Crippen molar-refractivity contribution in [3.63, 3.8) is 0 Å². The number of hydrogen-bond donors (Lipinski definition) is 2. The van der Waals surface area contributed by atoms with Crippen molar-refractivity contribution in [3.8, 4) is 0 Å². The second kappa shape index (κ2) is 5.37. The first-order valence-electron chi connectivity index (χ1n) is 6.55. The molecule has 2 amide bonds. The number of rotatable bonds is 2. The van der Waals surface area contributed by atoms with E-state index >= 15 is 0 Å². The van der Waals surface area contributed by atoms with E-state index in [2.05, 4.69) is 10.3 Å². The Balaban J connectivity index is 2.12. The van der Waals surface area contributed by atoms with Crippen LogP contribution in [0, 0.1) is 0 Å². The SMILES string of the molecule is CCC1C(=O)NC(=O)CN1C(N)=NC1CCCC1. The first-order valence-corrected chi connectivity index (χ1v) is 6.55. The molecule has 0 spiro atoms. The molecule has 1 saturated heterocycles. The molecule has 2 rings (SSSR count). The van der Waals surface area contributed by atoms with Crippen LogP contribution in [-0.4, -0.2) is 41.3 Å². The molecule has 18 heavy (non-hydrogen) atoms. The number of hydrogen-bond acceptors (Lipinski definition) is 3. The lowest BCUT2D eigenvalue weighted by atomic mass is 10.1. The predicted octanol–water partition coefficient (Wildman–Crippen LogP) is -0.0193. The van der Waals surface area contributed by atoms with Gasteiger partial charge in [0.1, 0.15) is 12.6 Å². The third kappa shape index (κ3) is 2.63. The molecule has 1 aliphatic heterocycles. The summed E-state index contributed by atoms with van der Waals surface area (Å²) in [6.07, 6.45) is 5.06. The molecular formula is C12H20N4O2. The summed E-state index contributed by atoms with van der Waals surface area (Å²) in [4.78, 5) is 29.2. The van der Waals surface area contributed by atoms with Crippen LogP contribution in [0.5, 0.6) is 0 Å². The van der Waals surface area contributed by atoms with Gasteiger partial charge in [-0.1, -0.05) is 19.8 Å². The monoisotopic (exact) mass is 252 g/mol. The molecule has 2 aliphatic rings. The van der Waals surface area contributed by atoms with Crippen molar-refractivity contribution < 1.29 is 9.59 Å². The van der Waals surface area contributed by atoms with E-state index in [9.17, 15) is 9.59 Å². The fourth-order valence-electron chi connectivity index (χ4n) is 2.61. The molecule has 2 fully saturated rings. The molecule has 0 radical (unpaired) electrons. The van der Waals surface area contributed by atoms with E-state index in [1.807, 2.05) is 6.92 Å². The van der Waals surface area contributed by atoms with Gasteiger partial charge < -0.3 is 10.6 Å². The zero-order chi connectivity index (χ0) is 13.1. The average Bonchev–Trinajstić information content (AvgIpc) is 2.80. The summed E-state index contributed by atoms with van der Waals surface area (Å²) in [5.41, 5.74) is 5.96. The summed E-state index contributed by atoms with van der Waals surface area (Å²) in [5.74, 6) is -0.260. The maximum Gasteiger partial charge on any atom is 0.249 e. The number of amides is 2. The van der Waals surface area contributed by atoms with Gasteiger partial charge in [0, 0.05) is 0 Å². The summed E-state index contributed by atoms with van der Waals surface area (Å²) in [5, 5.41) is 2.33. The van der Waals surface area contributed by atoms with E-state index in [1.54, 1.807) is 4.90 Å². The van der Waals surface area contributed by atoms with Crippen molar-refractivity contribution in [2.24, 2.45) is 10.7 Å². The molecule has 0 aromatic heterocycles. The van der Waals surface area contributed by atoms with Gasteiger partial charge in [0.25, 0.3) is 0 Å². The first-order chi connectivity index (χ1) is 8.61. The van der Waals surface area contributed by atoms with Gasteiger partial charge in [-0.05, 0) is 19.3 Å². The Morgan fingerprint density at radius 2 is 2.11 bits per heavy atom. The molecule has 6 nitrogen and oxygen atoms in total. The summed E-state index contributed by atoms with van der Waals surface area (Å²) < 4.78 is 0. The highest BCUT2D eigenvalue weighted by molar-refractivity contribution is 6.04. The van der Waals surface area contributed by atoms with Gasteiger partial charge in [-0.2, -0.15) is 0 Å². The third-order valence-electron chi connectivity index (χ3n) is 3.58. The van der Waals surface area contributed by atoms with E-state index in [4.69, 9.17) is 5.73 Å². The maximum atomic E-state index is 11.7. The number of aliphatic imine (C=N–C) groups is 1. The number of piperazine rings is 1. The molecule has 1 unspecified atom stereocenters. The fourth-order valence-corrected chi connectivity index (χ4v) is 2.61. The van der Waals surface area contributed by atoms with Crippen molar-refractivity contribution in [2.75, 3.05) is 6.54 Å². The fraction of sp³-hybridized carbons (Fsp3) is 0.750. The van der Waals surface area contributed by atoms with Gasteiger partial charge >= 0.3 is 0 Å². The minimum Gasteiger partial charge on any atom is -0.370 e. The van der Waals surface area contributed by atoms with Crippen molar-refractivity contribution in [1.29, 1.82) is 0 Å². The summed E-state index contributed by atoms with van der Waals surface area (Å²) in [7, 11) is 0. The minimum absolute atomic E-state index is 0.117. The normalized spacial score (nSPS) is 26.6. The van der Waals surface area contributed by atoms with Gasteiger partial charge in [0.15, 0.2) is 5.96 Å². The van der Waals surface area contributed by atoms with E-state index < -0.39 is 0 Å². The zero-order valence-corrected chi connectivity index (χ0v) is 10.7. The average molecular weight is 252 g/mol. The van der Waals surface area contributed by atoms with E-state index in [0.717, 1.165) is 12.8 Å². The lowest BCUT2D eigenvalue weighted by molar-refractivity contribution is -0.137. The van der Waals surface area contributed by atoms with Crippen LogP contribution < -0.4 is 11.1 Å². The van der Waals surface area contributed by atoms with Crippen LogP contribution in [0.3, 0.4) is 0 Å².